The first-order chi connectivity index (χ1) is 9.59. The molecule has 0 aliphatic heterocycles. The van der Waals surface area contributed by atoms with Gasteiger partial charge >= 0.3 is 5.97 Å². The predicted octanol–water partition coefficient (Wildman–Crippen LogP) is -0.479. The normalized spacial score (nSPS) is 15.0. The standard InChI is InChI=1S/C11H19N3O5S2/c1-11(16,6-14(2)3)5-13-21(17,18)10-8(9(15)19-4)12-7-20-10/h7,13,16H,5-6H2,1-4H3. The molecule has 0 radical (unpaired) electrons. The summed E-state index contributed by atoms with van der Waals surface area (Å²) < 4.78 is 30.9. The van der Waals surface area contributed by atoms with Gasteiger partial charge in [-0.2, -0.15) is 0 Å². The molecule has 0 aliphatic carbocycles. The van der Waals surface area contributed by atoms with Crippen molar-refractivity contribution in [3.8, 4) is 0 Å². The number of hydrogen-bond acceptors (Lipinski definition) is 8. The predicted molar refractivity (Wildman–Crippen MR) is 77.8 cm³/mol. The van der Waals surface area contributed by atoms with E-state index in [0.29, 0.717) is 0 Å². The highest BCUT2D eigenvalue weighted by Crippen LogP contribution is 2.20. The van der Waals surface area contributed by atoms with E-state index >= 15 is 0 Å². The number of carbonyl (C=O) groups excluding carboxylic acids is 1. The molecule has 0 aliphatic rings. The molecule has 0 bridgehead atoms. The lowest BCUT2D eigenvalue weighted by Crippen LogP contribution is -2.47. The molecule has 1 heterocycles. The molecule has 1 atom stereocenters. The van der Waals surface area contributed by atoms with Gasteiger partial charge in [0.05, 0.1) is 18.2 Å². The number of aromatic nitrogens is 1. The number of nitrogens with zero attached hydrogens (tertiary/aromatic N) is 2. The van der Waals surface area contributed by atoms with Crippen LogP contribution in [0.25, 0.3) is 0 Å². The van der Waals surface area contributed by atoms with Gasteiger partial charge in [-0.1, -0.05) is 0 Å². The molecule has 1 unspecified atom stereocenters. The number of rotatable bonds is 7. The van der Waals surface area contributed by atoms with Gasteiger partial charge in [0.15, 0.2) is 9.90 Å². The second-order valence-corrected chi connectivity index (χ2v) is 7.86. The summed E-state index contributed by atoms with van der Waals surface area (Å²) in [5, 5.41) is 10.1. The van der Waals surface area contributed by atoms with E-state index in [1.54, 1.807) is 19.0 Å². The van der Waals surface area contributed by atoms with Crippen LogP contribution in [-0.4, -0.2) is 69.3 Å². The average Bonchev–Trinajstić information content (AvgIpc) is 2.84. The van der Waals surface area contributed by atoms with Crippen LogP contribution >= 0.6 is 11.3 Å². The van der Waals surface area contributed by atoms with Crippen molar-refractivity contribution in [2.24, 2.45) is 0 Å². The monoisotopic (exact) mass is 337 g/mol. The Labute approximate surface area is 127 Å². The minimum absolute atomic E-state index is 0.188. The lowest BCUT2D eigenvalue weighted by molar-refractivity contribution is 0.0386. The zero-order chi connectivity index (χ0) is 16.3. The van der Waals surface area contributed by atoms with Crippen LogP contribution in [0.15, 0.2) is 9.72 Å². The van der Waals surface area contributed by atoms with Gasteiger partial charge < -0.3 is 14.7 Å². The van der Waals surface area contributed by atoms with Gasteiger partial charge in [-0.15, -0.1) is 11.3 Å². The number of methoxy groups -OCH3 is 1. The van der Waals surface area contributed by atoms with E-state index in [-0.39, 0.29) is 23.0 Å². The molecule has 1 aromatic rings. The number of carbonyl (C=O) groups is 1. The third-order valence-corrected chi connectivity index (χ3v) is 5.23. The Bertz CT molecular complexity index is 595. The minimum atomic E-state index is -3.95. The van der Waals surface area contributed by atoms with Crippen LogP contribution in [-0.2, 0) is 14.8 Å². The van der Waals surface area contributed by atoms with Crippen molar-refractivity contribution in [3.05, 3.63) is 11.2 Å². The fraction of sp³-hybridized carbons (Fsp3) is 0.636. The highest BCUT2D eigenvalue weighted by molar-refractivity contribution is 7.91. The first-order valence-corrected chi connectivity index (χ1v) is 8.34. The Morgan fingerprint density at radius 2 is 2.19 bits per heavy atom. The Kier molecular flexibility index (Phi) is 5.82. The van der Waals surface area contributed by atoms with Crippen molar-refractivity contribution >= 4 is 27.3 Å². The van der Waals surface area contributed by atoms with E-state index in [0.717, 1.165) is 18.4 Å². The summed E-state index contributed by atoms with van der Waals surface area (Å²) in [6, 6.07) is 0. The third kappa shape index (κ3) is 5.00. The van der Waals surface area contributed by atoms with E-state index in [4.69, 9.17) is 0 Å². The molecule has 21 heavy (non-hydrogen) atoms. The maximum Gasteiger partial charge on any atom is 0.358 e. The smallest absolute Gasteiger partial charge is 0.358 e. The zero-order valence-corrected chi connectivity index (χ0v) is 13.9. The van der Waals surface area contributed by atoms with E-state index < -0.39 is 21.6 Å². The van der Waals surface area contributed by atoms with Crippen molar-refractivity contribution < 1.29 is 23.1 Å². The summed E-state index contributed by atoms with van der Waals surface area (Å²) in [5.74, 6) is -0.823. The number of sulfonamides is 1. The van der Waals surface area contributed by atoms with Crippen LogP contribution in [0.1, 0.15) is 17.4 Å². The fourth-order valence-electron chi connectivity index (χ4n) is 1.71. The van der Waals surface area contributed by atoms with Crippen LogP contribution < -0.4 is 4.72 Å². The van der Waals surface area contributed by atoms with Crippen LogP contribution in [0.3, 0.4) is 0 Å². The Balaban J connectivity index is 2.88. The summed E-state index contributed by atoms with van der Waals surface area (Å²) in [6.45, 7) is 1.61. The average molecular weight is 337 g/mol. The lowest BCUT2D eigenvalue weighted by Gasteiger charge is -2.26. The summed E-state index contributed by atoms with van der Waals surface area (Å²) in [4.78, 5) is 16.9. The molecule has 10 heteroatoms. The molecule has 0 saturated carbocycles. The van der Waals surface area contributed by atoms with Crippen molar-refractivity contribution in [1.29, 1.82) is 0 Å². The minimum Gasteiger partial charge on any atom is -0.464 e. The molecular weight excluding hydrogens is 318 g/mol. The van der Waals surface area contributed by atoms with Gasteiger partial charge in [0.2, 0.25) is 0 Å². The van der Waals surface area contributed by atoms with Crippen LogP contribution in [0, 0.1) is 0 Å². The SMILES string of the molecule is COC(=O)c1ncsc1S(=O)(=O)NCC(C)(O)CN(C)C. The number of likely N-dealkylation sites (N-methyl/N-ethyl adjacent to an activating group) is 1. The number of nitrogens with one attached hydrogen (secondary N) is 1. The number of hydrogen-bond donors (Lipinski definition) is 2. The highest BCUT2D eigenvalue weighted by atomic mass is 32.2. The molecule has 0 aromatic carbocycles. The third-order valence-electron chi connectivity index (χ3n) is 2.46. The summed E-state index contributed by atoms with van der Waals surface area (Å²) in [5.41, 5.74) is -0.256. The van der Waals surface area contributed by atoms with Gasteiger partial charge in [0.1, 0.15) is 0 Å². The van der Waals surface area contributed by atoms with Gasteiger partial charge in [0, 0.05) is 13.1 Å². The Morgan fingerprint density at radius 1 is 1.57 bits per heavy atom. The van der Waals surface area contributed by atoms with Gasteiger partial charge in [-0.25, -0.2) is 22.9 Å². The van der Waals surface area contributed by atoms with Crippen molar-refractivity contribution in [2.45, 2.75) is 16.7 Å². The summed E-state index contributed by atoms with van der Waals surface area (Å²) in [6.07, 6.45) is 0. The van der Waals surface area contributed by atoms with Crippen LogP contribution in [0.4, 0.5) is 0 Å². The molecule has 0 spiro atoms. The molecule has 0 amide bonds. The first-order valence-electron chi connectivity index (χ1n) is 5.97. The van der Waals surface area contributed by atoms with Gasteiger partial charge in [-0.3, -0.25) is 0 Å². The quantitative estimate of drug-likeness (QED) is 0.647. The molecule has 8 nitrogen and oxygen atoms in total. The molecular formula is C11H19N3O5S2. The molecule has 2 N–H and O–H groups in total. The van der Waals surface area contributed by atoms with Crippen LogP contribution in [0.5, 0.6) is 0 Å². The van der Waals surface area contributed by atoms with Crippen molar-refractivity contribution in [2.75, 3.05) is 34.3 Å². The Hall–Kier alpha value is -1.07. The van der Waals surface area contributed by atoms with E-state index in [1.165, 1.54) is 12.4 Å². The van der Waals surface area contributed by atoms with Crippen molar-refractivity contribution in [1.82, 2.24) is 14.6 Å². The Morgan fingerprint density at radius 3 is 2.71 bits per heavy atom. The molecule has 1 rings (SSSR count). The van der Waals surface area contributed by atoms with E-state index in [9.17, 15) is 18.3 Å². The highest BCUT2D eigenvalue weighted by Gasteiger charge is 2.29. The maximum absolute atomic E-state index is 12.2. The van der Waals surface area contributed by atoms with E-state index in [1.807, 2.05) is 0 Å². The fourth-order valence-corrected chi connectivity index (χ4v) is 4.05. The van der Waals surface area contributed by atoms with Gasteiger partial charge in [-0.05, 0) is 21.0 Å². The second-order valence-electron chi connectivity index (χ2n) is 5.04. The second kappa shape index (κ2) is 6.79. The number of ether oxygens (including phenoxy) is 1. The molecule has 0 fully saturated rings. The van der Waals surface area contributed by atoms with Crippen molar-refractivity contribution in [3.63, 3.8) is 0 Å². The topological polar surface area (TPSA) is 109 Å². The number of esters is 1. The zero-order valence-electron chi connectivity index (χ0n) is 12.3. The van der Waals surface area contributed by atoms with E-state index in [2.05, 4.69) is 14.4 Å². The van der Waals surface area contributed by atoms with Crippen LogP contribution in [0.2, 0.25) is 0 Å². The molecule has 0 saturated heterocycles. The lowest BCUT2D eigenvalue weighted by atomic mass is 10.1. The van der Waals surface area contributed by atoms with Gasteiger partial charge in [0.25, 0.3) is 10.0 Å². The molecule has 120 valence electrons. The number of thiazole rings is 1. The first kappa shape index (κ1) is 18.0. The molecule has 1 aromatic heterocycles. The summed E-state index contributed by atoms with van der Waals surface area (Å²) in [7, 11) is 0.732. The maximum atomic E-state index is 12.2. The number of aliphatic hydroxyl groups is 1. The summed E-state index contributed by atoms with van der Waals surface area (Å²) >= 11 is 0.810. The largest absolute Gasteiger partial charge is 0.464 e.